The van der Waals surface area contributed by atoms with Crippen LogP contribution in [0.25, 0.3) is 11.4 Å². The van der Waals surface area contributed by atoms with Crippen molar-refractivity contribution < 1.29 is 14.6 Å². The Morgan fingerprint density at radius 3 is 2.62 bits per heavy atom. The summed E-state index contributed by atoms with van der Waals surface area (Å²) in [5, 5.41) is 18.3. The minimum absolute atomic E-state index is 0.0215. The lowest BCUT2D eigenvalue weighted by molar-refractivity contribution is 0.0696. The molecular weight excluding hydrogens is 354 g/mol. The molecular formula is C19H12ClN3O3. The van der Waals surface area contributed by atoms with Gasteiger partial charge in [-0.05, 0) is 18.2 Å². The van der Waals surface area contributed by atoms with E-state index in [1.165, 1.54) is 12.4 Å². The van der Waals surface area contributed by atoms with Gasteiger partial charge < -0.3 is 9.84 Å². The molecule has 1 aromatic heterocycles. The van der Waals surface area contributed by atoms with Crippen LogP contribution in [0.15, 0.2) is 54.9 Å². The quantitative estimate of drug-likeness (QED) is 0.735. The van der Waals surface area contributed by atoms with Gasteiger partial charge in [0.15, 0.2) is 5.82 Å². The number of rotatable bonds is 5. The van der Waals surface area contributed by atoms with E-state index in [1.807, 2.05) is 6.07 Å². The van der Waals surface area contributed by atoms with Gasteiger partial charge in [-0.25, -0.2) is 14.8 Å². The summed E-state index contributed by atoms with van der Waals surface area (Å²) in [5.41, 5.74) is 1.82. The summed E-state index contributed by atoms with van der Waals surface area (Å²) in [6.45, 7) is 0.205. The van der Waals surface area contributed by atoms with Crippen LogP contribution in [0.4, 0.5) is 0 Å². The molecule has 0 amide bonds. The Kier molecular flexibility index (Phi) is 5.11. The molecule has 1 heterocycles. The number of nitriles is 1. The number of aromatic carboxylic acids is 1. The molecule has 0 spiro atoms. The van der Waals surface area contributed by atoms with Gasteiger partial charge in [0.05, 0.1) is 16.1 Å². The summed E-state index contributed by atoms with van der Waals surface area (Å²) in [6, 6.07) is 14.3. The average Bonchev–Trinajstić information content (AvgIpc) is 2.67. The van der Waals surface area contributed by atoms with E-state index >= 15 is 0 Å². The van der Waals surface area contributed by atoms with Gasteiger partial charge in [0.2, 0.25) is 0 Å². The average molecular weight is 366 g/mol. The van der Waals surface area contributed by atoms with E-state index in [0.717, 1.165) is 0 Å². The summed E-state index contributed by atoms with van der Waals surface area (Å²) in [5.74, 6) is -0.109. The molecule has 7 heteroatoms. The highest BCUT2D eigenvalue weighted by atomic mass is 35.5. The number of halogens is 1. The molecule has 26 heavy (non-hydrogen) atoms. The zero-order chi connectivity index (χ0) is 18.5. The predicted molar refractivity (Wildman–Crippen MR) is 94.9 cm³/mol. The van der Waals surface area contributed by atoms with Gasteiger partial charge in [0.25, 0.3) is 0 Å². The van der Waals surface area contributed by atoms with Gasteiger partial charge in [-0.15, -0.1) is 0 Å². The molecule has 0 unspecified atom stereocenters. The maximum atomic E-state index is 10.9. The van der Waals surface area contributed by atoms with Crippen molar-refractivity contribution >= 4 is 17.6 Å². The second kappa shape index (κ2) is 7.64. The minimum Gasteiger partial charge on any atom is -0.489 e. The minimum atomic E-state index is -1.08. The maximum absolute atomic E-state index is 10.9. The number of hydrogen-bond donors (Lipinski definition) is 1. The van der Waals surface area contributed by atoms with Gasteiger partial charge in [-0.2, -0.15) is 5.26 Å². The Morgan fingerprint density at radius 2 is 1.92 bits per heavy atom. The molecule has 1 N–H and O–H groups in total. The van der Waals surface area contributed by atoms with E-state index in [1.54, 1.807) is 42.5 Å². The summed E-state index contributed by atoms with van der Waals surface area (Å²) in [7, 11) is 0. The molecule has 0 radical (unpaired) electrons. The van der Waals surface area contributed by atoms with E-state index in [2.05, 4.69) is 9.97 Å². The van der Waals surface area contributed by atoms with Gasteiger partial charge in [-0.3, -0.25) is 0 Å². The van der Waals surface area contributed by atoms with E-state index in [9.17, 15) is 4.79 Å². The van der Waals surface area contributed by atoms with Gasteiger partial charge in [-0.1, -0.05) is 35.9 Å². The lowest BCUT2D eigenvalue weighted by Gasteiger charge is -2.09. The first kappa shape index (κ1) is 17.4. The Hall–Kier alpha value is -3.43. The molecule has 0 fully saturated rings. The van der Waals surface area contributed by atoms with E-state index in [0.29, 0.717) is 33.3 Å². The fourth-order valence-corrected chi connectivity index (χ4v) is 2.47. The second-order valence-corrected chi connectivity index (χ2v) is 5.69. The van der Waals surface area contributed by atoms with Crippen molar-refractivity contribution in [3.63, 3.8) is 0 Å². The third-order valence-electron chi connectivity index (χ3n) is 3.58. The Balaban J connectivity index is 1.78. The number of benzene rings is 2. The summed E-state index contributed by atoms with van der Waals surface area (Å²) >= 11 is 6.17. The molecule has 128 valence electrons. The van der Waals surface area contributed by atoms with Crippen LogP contribution in [0.5, 0.6) is 5.75 Å². The number of carboxylic acid groups (broad SMARTS) is 1. The molecule has 0 aliphatic carbocycles. The molecule has 0 aliphatic heterocycles. The highest BCUT2D eigenvalue weighted by Gasteiger charge is 2.09. The molecule has 0 atom stereocenters. The van der Waals surface area contributed by atoms with E-state index < -0.39 is 5.97 Å². The fraction of sp³-hybridized carbons (Fsp3) is 0.0526. The number of carbonyl (C=O) groups is 1. The fourth-order valence-electron chi connectivity index (χ4n) is 2.25. The summed E-state index contributed by atoms with van der Waals surface area (Å²) in [4.78, 5) is 19.0. The number of hydrogen-bond acceptors (Lipinski definition) is 5. The molecule has 2 aromatic carbocycles. The largest absolute Gasteiger partial charge is 0.489 e. The molecule has 6 nitrogen and oxygen atoms in total. The van der Waals surface area contributed by atoms with Gasteiger partial charge >= 0.3 is 5.97 Å². The number of ether oxygens (including phenoxy) is 1. The lowest BCUT2D eigenvalue weighted by atomic mass is 10.1. The third-order valence-corrected chi connectivity index (χ3v) is 4.03. The number of aromatic nitrogens is 2. The predicted octanol–water partition coefficient (Wildman–Crippen LogP) is 3.95. The standard InChI is InChI=1S/C19H12ClN3O3/c20-17-13(8-21)4-1-5-14(17)11-26-16-6-2-3-12(7-16)18-22-9-15(10-23-18)19(24)25/h1-7,9-10H,11H2,(H,24,25). The lowest BCUT2D eigenvalue weighted by Crippen LogP contribution is -2.00. The van der Waals surface area contributed by atoms with Crippen LogP contribution in [-0.2, 0) is 6.61 Å². The number of nitrogens with zero attached hydrogens (tertiary/aromatic N) is 3. The first-order valence-electron chi connectivity index (χ1n) is 7.54. The first-order chi connectivity index (χ1) is 12.6. The molecule has 0 bridgehead atoms. The van der Waals surface area contributed by atoms with Crippen LogP contribution >= 0.6 is 11.6 Å². The molecule has 0 saturated heterocycles. The van der Waals surface area contributed by atoms with Crippen molar-refractivity contribution in [3.05, 3.63) is 76.6 Å². The van der Waals surface area contributed by atoms with Gasteiger partial charge in [0.1, 0.15) is 18.4 Å². The zero-order valence-corrected chi connectivity index (χ0v) is 14.1. The summed E-state index contributed by atoms with van der Waals surface area (Å²) < 4.78 is 5.75. The van der Waals surface area contributed by atoms with E-state index in [-0.39, 0.29) is 12.2 Å². The topological polar surface area (TPSA) is 96.1 Å². The van der Waals surface area contributed by atoms with Crippen LogP contribution in [0.2, 0.25) is 5.02 Å². The Bertz CT molecular complexity index is 998. The van der Waals surface area contributed by atoms with Crippen LogP contribution in [0.1, 0.15) is 21.5 Å². The number of carboxylic acids is 1. The van der Waals surface area contributed by atoms with Crippen molar-refractivity contribution in [2.75, 3.05) is 0 Å². The molecule has 0 saturated carbocycles. The van der Waals surface area contributed by atoms with Crippen LogP contribution < -0.4 is 4.74 Å². The SMILES string of the molecule is N#Cc1cccc(COc2cccc(-c3ncc(C(=O)O)cn3)c2)c1Cl. The van der Waals surface area contributed by atoms with Crippen molar-refractivity contribution in [3.8, 4) is 23.2 Å². The summed E-state index contributed by atoms with van der Waals surface area (Å²) in [6.07, 6.45) is 2.51. The maximum Gasteiger partial charge on any atom is 0.338 e. The van der Waals surface area contributed by atoms with Crippen LogP contribution in [0.3, 0.4) is 0 Å². The highest BCUT2D eigenvalue weighted by Crippen LogP contribution is 2.24. The highest BCUT2D eigenvalue weighted by molar-refractivity contribution is 6.32. The molecule has 3 rings (SSSR count). The van der Waals surface area contributed by atoms with E-state index in [4.69, 9.17) is 26.7 Å². The molecule has 0 aliphatic rings. The third kappa shape index (κ3) is 3.79. The molecule has 3 aromatic rings. The smallest absolute Gasteiger partial charge is 0.338 e. The second-order valence-electron chi connectivity index (χ2n) is 5.31. The first-order valence-corrected chi connectivity index (χ1v) is 7.92. The normalized spacial score (nSPS) is 10.2. The monoisotopic (exact) mass is 365 g/mol. The Morgan fingerprint density at radius 1 is 1.19 bits per heavy atom. The van der Waals surface area contributed by atoms with Crippen LogP contribution in [-0.4, -0.2) is 21.0 Å². The zero-order valence-electron chi connectivity index (χ0n) is 13.4. The van der Waals surface area contributed by atoms with Crippen LogP contribution in [0, 0.1) is 11.3 Å². The van der Waals surface area contributed by atoms with Gasteiger partial charge in [0, 0.05) is 23.5 Å². The van der Waals surface area contributed by atoms with Crippen molar-refractivity contribution in [1.29, 1.82) is 5.26 Å². The van der Waals surface area contributed by atoms with Crippen molar-refractivity contribution in [2.24, 2.45) is 0 Å². The Labute approximate surface area is 154 Å². The van der Waals surface area contributed by atoms with Crippen molar-refractivity contribution in [1.82, 2.24) is 9.97 Å². The van der Waals surface area contributed by atoms with Crippen molar-refractivity contribution in [2.45, 2.75) is 6.61 Å².